The smallest absolute Gasteiger partial charge is 0.323 e. The molecule has 0 unspecified atom stereocenters. The average Bonchev–Trinajstić information content (AvgIpc) is 2.58. The molecule has 0 saturated carbocycles. The summed E-state index contributed by atoms with van der Waals surface area (Å²) in [5.41, 5.74) is 0.601. The van der Waals surface area contributed by atoms with Gasteiger partial charge in [0.05, 0.1) is 6.20 Å². The van der Waals surface area contributed by atoms with E-state index in [0.717, 1.165) is 5.56 Å². The Labute approximate surface area is 102 Å². The van der Waals surface area contributed by atoms with Crippen LogP contribution < -0.4 is 5.32 Å². The number of nitrogens with zero attached hydrogens (tertiary/aromatic N) is 2. The molecule has 0 spiro atoms. The highest BCUT2D eigenvalue weighted by molar-refractivity contribution is 5.75. The standard InChI is InChI=1S/C12H21N3O2/c1-9(11(16)17-12(2,3)4)13-6-10-7-14-15(5)8-10/h7-9,13H,6H2,1-5H3/t9-/m1/s1. The molecule has 0 radical (unpaired) electrons. The van der Waals surface area contributed by atoms with Crippen LogP contribution in [0.25, 0.3) is 0 Å². The first-order valence-electron chi connectivity index (χ1n) is 5.72. The fraction of sp³-hybridized carbons (Fsp3) is 0.667. The Morgan fingerprint density at radius 3 is 2.71 bits per heavy atom. The maximum atomic E-state index is 11.7. The normalized spacial score (nSPS) is 13.5. The monoisotopic (exact) mass is 239 g/mol. The van der Waals surface area contributed by atoms with Gasteiger partial charge in [-0.15, -0.1) is 0 Å². The van der Waals surface area contributed by atoms with E-state index in [9.17, 15) is 4.79 Å². The predicted molar refractivity (Wildman–Crippen MR) is 65.4 cm³/mol. The van der Waals surface area contributed by atoms with Gasteiger partial charge in [-0.25, -0.2) is 0 Å². The second kappa shape index (κ2) is 5.31. The molecule has 1 aromatic rings. The Bertz CT molecular complexity index is 379. The minimum absolute atomic E-state index is 0.235. The van der Waals surface area contributed by atoms with Crippen molar-refractivity contribution >= 4 is 5.97 Å². The zero-order chi connectivity index (χ0) is 13.1. The van der Waals surface area contributed by atoms with Crippen LogP contribution in [0.15, 0.2) is 12.4 Å². The number of aromatic nitrogens is 2. The van der Waals surface area contributed by atoms with E-state index in [1.165, 1.54) is 0 Å². The lowest BCUT2D eigenvalue weighted by Gasteiger charge is -2.22. The number of esters is 1. The molecule has 0 aliphatic rings. The van der Waals surface area contributed by atoms with Crippen molar-refractivity contribution in [1.29, 1.82) is 0 Å². The van der Waals surface area contributed by atoms with Crippen molar-refractivity contribution in [3.8, 4) is 0 Å². The highest BCUT2D eigenvalue weighted by atomic mass is 16.6. The summed E-state index contributed by atoms with van der Waals surface area (Å²) >= 11 is 0. The van der Waals surface area contributed by atoms with Crippen molar-refractivity contribution in [2.45, 2.75) is 45.9 Å². The summed E-state index contributed by atoms with van der Waals surface area (Å²) in [4.78, 5) is 11.7. The number of hydrogen-bond donors (Lipinski definition) is 1. The Kier molecular flexibility index (Phi) is 4.28. The summed E-state index contributed by atoms with van der Waals surface area (Å²) in [6.07, 6.45) is 3.68. The number of rotatable bonds is 4. The lowest BCUT2D eigenvalue weighted by molar-refractivity contribution is -0.157. The van der Waals surface area contributed by atoms with Crippen molar-refractivity contribution in [2.24, 2.45) is 7.05 Å². The molecule has 0 fully saturated rings. The van der Waals surface area contributed by atoms with E-state index in [4.69, 9.17) is 4.74 Å². The molecule has 0 saturated heterocycles. The van der Waals surface area contributed by atoms with Crippen molar-refractivity contribution in [2.75, 3.05) is 0 Å². The summed E-state index contributed by atoms with van der Waals surface area (Å²) in [6, 6.07) is -0.325. The number of nitrogens with one attached hydrogen (secondary N) is 1. The number of ether oxygens (including phenoxy) is 1. The number of carbonyl (C=O) groups is 1. The topological polar surface area (TPSA) is 56.2 Å². The van der Waals surface area contributed by atoms with Gasteiger partial charge in [-0.1, -0.05) is 0 Å². The largest absolute Gasteiger partial charge is 0.459 e. The van der Waals surface area contributed by atoms with E-state index < -0.39 is 5.60 Å². The molecule has 96 valence electrons. The molecule has 0 aliphatic heterocycles. The maximum Gasteiger partial charge on any atom is 0.323 e. The van der Waals surface area contributed by atoms with Crippen molar-refractivity contribution < 1.29 is 9.53 Å². The molecule has 1 rings (SSSR count). The molecule has 0 aromatic carbocycles. The number of aryl methyl sites for hydroxylation is 1. The van der Waals surface area contributed by atoms with Gasteiger partial charge in [0.25, 0.3) is 0 Å². The summed E-state index contributed by atoms with van der Waals surface area (Å²) < 4.78 is 7.00. The van der Waals surface area contributed by atoms with E-state index >= 15 is 0 Å². The second-order valence-electron chi connectivity index (χ2n) is 5.16. The molecule has 1 aromatic heterocycles. The molecule has 5 heteroatoms. The molecular formula is C12H21N3O2. The van der Waals surface area contributed by atoms with E-state index in [-0.39, 0.29) is 12.0 Å². The minimum Gasteiger partial charge on any atom is -0.459 e. The molecular weight excluding hydrogens is 218 g/mol. The summed E-state index contributed by atoms with van der Waals surface area (Å²) in [7, 11) is 1.86. The molecule has 0 bridgehead atoms. The Balaban J connectivity index is 2.39. The molecule has 1 atom stereocenters. The van der Waals surface area contributed by atoms with Gasteiger partial charge in [-0.2, -0.15) is 5.10 Å². The van der Waals surface area contributed by atoms with Crippen molar-refractivity contribution in [1.82, 2.24) is 15.1 Å². The zero-order valence-electron chi connectivity index (χ0n) is 11.2. The lowest BCUT2D eigenvalue weighted by Crippen LogP contribution is -2.38. The summed E-state index contributed by atoms with van der Waals surface area (Å²) in [5, 5.41) is 7.17. The first kappa shape index (κ1) is 13.7. The Hall–Kier alpha value is -1.36. The van der Waals surface area contributed by atoms with Crippen LogP contribution in [-0.4, -0.2) is 27.4 Å². The van der Waals surface area contributed by atoms with Gasteiger partial charge in [-0.05, 0) is 27.7 Å². The third kappa shape index (κ3) is 4.99. The number of hydrogen-bond acceptors (Lipinski definition) is 4. The van der Waals surface area contributed by atoms with Crippen LogP contribution >= 0.6 is 0 Å². The maximum absolute atomic E-state index is 11.7. The van der Waals surface area contributed by atoms with Gasteiger partial charge in [-0.3, -0.25) is 9.48 Å². The predicted octanol–water partition coefficient (Wildman–Crippen LogP) is 1.24. The van der Waals surface area contributed by atoms with Crippen LogP contribution in [0.5, 0.6) is 0 Å². The van der Waals surface area contributed by atoms with Crippen molar-refractivity contribution in [3.05, 3.63) is 18.0 Å². The third-order valence-corrected chi connectivity index (χ3v) is 2.13. The Morgan fingerprint density at radius 1 is 1.59 bits per heavy atom. The van der Waals surface area contributed by atoms with E-state index in [1.54, 1.807) is 17.8 Å². The molecule has 5 nitrogen and oxygen atoms in total. The van der Waals surface area contributed by atoms with Crippen LogP contribution in [0.3, 0.4) is 0 Å². The summed E-state index contributed by atoms with van der Waals surface area (Å²) in [6.45, 7) is 7.98. The average molecular weight is 239 g/mol. The van der Waals surface area contributed by atoms with Crippen LogP contribution in [-0.2, 0) is 23.1 Å². The molecule has 0 amide bonds. The zero-order valence-corrected chi connectivity index (χ0v) is 11.2. The van der Waals surface area contributed by atoms with Gasteiger partial charge < -0.3 is 10.1 Å². The minimum atomic E-state index is -0.443. The third-order valence-electron chi connectivity index (χ3n) is 2.13. The Morgan fingerprint density at radius 2 is 2.24 bits per heavy atom. The van der Waals surface area contributed by atoms with Crippen LogP contribution in [0, 0.1) is 0 Å². The van der Waals surface area contributed by atoms with E-state index in [1.807, 2.05) is 34.0 Å². The molecule has 1 N–H and O–H groups in total. The highest BCUT2D eigenvalue weighted by Gasteiger charge is 2.21. The molecule has 0 aliphatic carbocycles. The van der Waals surface area contributed by atoms with Gasteiger partial charge >= 0.3 is 5.97 Å². The van der Waals surface area contributed by atoms with Crippen LogP contribution in [0.2, 0.25) is 0 Å². The second-order valence-corrected chi connectivity index (χ2v) is 5.16. The molecule has 1 heterocycles. The fourth-order valence-electron chi connectivity index (χ4n) is 1.31. The van der Waals surface area contributed by atoms with Gasteiger partial charge in [0.2, 0.25) is 0 Å². The van der Waals surface area contributed by atoms with Crippen molar-refractivity contribution in [3.63, 3.8) is 0 Å². The van der Waals surface area contributed by atoms with Gasteiger partial charge in [0.1, 0.15) is 11.6 Å². The first-order chi connectivity index (χ1) is 7.78. The van der Waals surface area contributed by atoms with Gasteiger partial charge in [0.15, 0.2) is 0 Å². The van der Waals surface area contributed by atoms with E-state index in [0.29, 0.717) is 6.54 Å². The fourth-order valence-corrected chi connectivity index (χ4v) is 1.31. The van der Waals surface area contributed by atoms with Gasteiger partial charge in [0, 0.05) is 25.4 Å². The molecule has 17 heavy (non-hydrogen) atoms. The lowest BCUT2D eigenvalue weighted by atomic mass is 10.2. The van der Waals surface area contributed by atoms with E-state index in [2.05, 4.69) is 10.4 Å². The highest BCUT2D eigenvalue weighted by Crippen LogP contribution is 2.08. The summed E-state index contributed by atoms with van der Waals surface area (Å²) in [5.74, 6) is -0.235. The number of carbonyl (C=O) groups excluding carboxylic acids is 1. The van der Waals surface area contributed by atoms with Crippen LogP contribution in [0.4, 0.5) is 0 Å². The SMILES string of the molecule is C[C@@H](NCc1cnn(C)c1)C(=O)OC(C)(C)C. The first-order valence-corrected chi connectivity index (χ1v) is 5.72. The quantitative estimate of drug-likeness (QED) is 0.803. The van der Waals surface area contributed by atoms with Crippen LogP contribution in [0.1, 0.15) is 33.3 Å².